The van der Waals surface area contributed by atoms with Gasteiger partial charge in [-0.2, -0.15) is 0 Å². The molecule has 1 amide bonds. The molecule has 1 aliphatic heterocycles. The predicted octanol–water partition coefficient (Wildman–Crippen LogP) is 3.64. The SMILES string of the molecule is CC(C)=C(C(=O)OCOC(=O)C(C)(C)C)N1C(=O)[C@@H]([C@H](CO[SiH](C)C)C(C)(C)C)[C@H]1SC(=S)Cc1nnnn1C. The molecule has 0 aromatic carbocycles. The summed E-state index contributed by atoms with van der Waals surface area (Å²) in [5.41, 5.74) is -0.298. The van der Waals surface area contributed by atoms with Gasteiger partial charge in [-0.25, -0.2) is 9.48 Å². The zero-order valence-corrected chi connectivity index (χ0v) is 28.2. The van der Waals surface area contributed by atoms with Gasteiger partial charge >= 0.3 is 11.9 Å². The monoisotopic (exact) mass is 613 g/mol. The Labute approximate surface area is 248 Å². The maximum atomic E-state index is 13.9. The van der Waals surface area contributed by atoms with Crippen LogP contribution in [0.5, 0.6) is 0 Å². The first-order valence-corrected chi connectivity index (χ1v) is 17.3. The van der Waals surface area contributed by atoms with Gasteiger partial charge in [-0.1, -0.05) is 44.8 Å². The molecule has 0 N–H and O–H groups in total. The van der Waals surface area contributed by atoms with Crippen LogP contribution in [0.3, 0.4) is 0 Å². The Kier molecular flexibility index (Phi) is 11.6. The Morgan fingerprint density at radius 3 is 2.23 bits per heavy atom. The summed E-state index contributed by atoms with van der Waals surface area (Å²) in [6, 6.07) is 0. The van der Waals surface area contributed by atoms with Gasteiger partial charge in [0.2, 0.25) is 12.7 Å². The summed E-state index contributed by atoms with van der Waals surface area (Å²) < 4.78 is 18.7. The Bertz CT molecular complexity index is 1140. The van der Waals surface area contributed by atoms with E-state index in [4.69, 9.17) is 26.1 Å². The van der Waals surface area contributed by atoms with E-state index in [1.165, 1.54) is 16.7 Å². The van der Waals surface area contributed by atoms with Gasteiger partial charge in [-0.15, -0.1) is 5.10 Å². The molecule has 1 saturated heterocycles. The summed E-state index contributed by atoms with van der Waals surface area (Å²) in [5, 5.41) is 11.1. The van der Waals surface area contributed by atoms with Crippen molar-refractivity contribution in [2.75, 3.05) is 13.4 Å². The number of hydrogen-bond donors (Lipinski definition) is 0. The smallest absolute Gasteiger partial charge is 0.357 e. The van der Waals surface area contributed by atoms with Crippen molar-refractivity contribution in [1.29, 1.82) is 0 Å². The molecule has 11 nitrogen and oxygen atoms in total. The van der Waals surface area contributed by atoms with Crippen LogP contribution in [0.4, 0.5) is 0 Å². The van der Waals surface area contributed by atoms with Gasteiger partial charge in [0.1, 0.15) is 5.70 Å². The van der Waals surface area contributed by atoms with Crippen molar-refractivity contribution >= 4 is 55.1 Å². The molecular weight excluding hydrogens is 571 g/mol. The number of carbonyl (C=O) groups excluding carboxylic acids is 3. The van der Waals surface area contributed by atoms with Crippen LogP contribution in [-0.4, -0.2) is 75.0 Å². The molecule has 40 heavy (non-hydrogen) atoms. The number of hydrogen-bond acceptors (Lipinski definition) is 11. The van der Waals surface area contributed by atoms with E-state index in [1.807, 2.05) is 0 Å². The molecule has 0 unspecified atom stereocenters. The molecular formula is C26H43N5O6S2Si. The van der Waals surface area contributed by atoms with Crippen molar-refractivity contribution in [1.82, 2.24) is 25.1 Å². The number of ether oxygens (including phenoxy) is 2. The number of carbonyl (C=O) groups is 3. The minimum absolute atomic E-state index is 0.112. The number of thioether (sulfide) groups is 1. The zero-order valence-electron chi connectivity index (χ0n) is 25.4. The third-order valence-electron chi connectivity index (χ3n) is 6.40. The predicted molar refractivity (Wildman–Crippen MR) is 159 cm³/mol. The van der Waals surface area contributed by atoms with Gasteiger partial charge in [-0.05, 0) is 69.1 Å². The lowest BCUT2D eigenvalue weighted by Gasteiger charge is -2.52. The summed E-state index contributed by atoms with van der Waals surface area (Å²) in [4.78, 5) is 40.7. The maximum absolute atomic E-state index is 13.9. The van der Waals surface area contributed by atoms with Crippen molar-refractivity contribution in [3.63, 3.8) is 0 Å². The highest BCUT2D eigenvalue weighted by Gasteiger charge is 2.57. The summed E-state index contributed by atoms with van der Waals surface area (Å²) in [6.45, 7) is 18.9. The maximum Gasteiger partial charge on any atom is 0.357 e. The van der Waals surface area contributed by atoms with E-state index < -0.39 is 44.5 Å². The van der Waals surface area contributed by atoms with Crippen LogP contribution in [0.15, 0.2) is 11.3 Å². The van der Waals surface area contributed by atoms with Crippen molar-refractivity contribution in [3.05, 3.63) is 17.1 Å². The highest BCUT2D eigenvalue weighted by atomic mass is 32.2. The van der Waals surface area contributed by atoms with E-state index in [9.17, 15) is 14.4 Å². The normalized spacial score (nSPS) is 18.3. The number of rotatable bonds is 11. The third kappa shape index (κ3) is 8.67. The van der Waals surface area contributed by atoms with Crippen molar-refractivity contribution in [3.8, 4) is 0 Å². The first-order chi connectivity index (χ1) is 18.4. The first-order valence-electron chi connectivity index (χ1n) is 13.2. The molecule has 1 aliphatic rings. The summed E-state index contributed by atoms with van der Waals surface area (Å²) >= 11 is 7.07. The highest BCUT2D eigenvalue weighted by Crippen LogP contribution is 2.48. The molecule has 0 saturated carbocycles. The molecule has 0 radical (unpaired) electrons. The Hall–Kier alpha value is -2.16. The van der Waals surface area contributed by atoms with E-state index >= 15 is 0 Å². The number of tetrazole rings is 1. The Morgan fingerprint density at radius 1 is 1.12 bits per heavy atom. The van der Waals surface area contributed by atoms with Gasteiger partial charge in [0, 0.05) is 19.6 Å². The number of allylic oxidation sites excluding steroid dienone is 1. The zero-order chi connectivity index (χ0) is 30.6. The fourth-order valence-corrected chi connectivity index (χ4v) is 6.34. The van der Waals surface area contributed by atoms with Crippen LogP contribution < -0.4 is 0 Å². The lowest BCUT2D eigenvalue weighted by molar-refractivity contribution is -0.174. The van der Waals surface area contributed by atoms with Crippen LogP contribution in [0.1, 0.15) is 61.2 Å². The fourth-order valence-electron chi connectivity index (χ4n) is 4.08. The second kappa shape index (κ2) is 13.7. The number of aryl methyl sites for hydroxylation is 1. The number of thiocarbonyl (C=S) groups is 1. The highest BCUT2D eigenvalue weighted by molar-refractivity contribution is 8.23. The second-order valence-electron chi connectivity index (χ2n) is 12.4. The molecule has 1 aromatic heterocycles. The van der Waals surface area contributed by atoms with Gasteiger partial charge in [0.15, 0.2) is 14.9 Å². The van der Waals surface area contributed by atoms with Crippen LogP contribution in [0.25, 0.3) is 0 Å². The molecule has 0 bridgehead atoms. The average molecular weight is 614 g/mol. The molecule has 2 rings (SSSR count). The van der Waals surface area contributed by atoms with E-state index in [1.54, 1.807) is 46.3 Å². The van der Waals surface area contributed by atoms with Crippen molar-refractivity contribution in [2.45, 2.75) is 80.3 Å². The molecule has 1 fully saturated rings. The largest absolute Gasteiger partial charge is 0.427 e. The first kappa shape index (κ1) is 34.0. The molecule has 3 atom stereocenters. The molecule has 0 aliphatic carbocycles. The molecule has 2 heterocycles. The van der Waals surface area contributed by atoms with E-state index in [-0.39, 0.29) is 22.9 Å². The van der Waals surface area contributed by atoms with Gasteiger partial charge < -0.3 is 13.9 Å². The van der Waals surface area contributed by atoms with Crippen LogP contribution in [0, 0.1) is 22.7 Å². The standard InChI is InChI=1S/C26H43N5O6S2Si/c1-15(2)20(23(33)35-14-36-24(34)26(6,7)8)31-21(32)19(16(25(3,4)5)13-37-40(10)11)22(31)39-18(38)12-17-27-28-29-30(17)9/h16,19,22,40H,12-14H2,1-11H3/t16-,19+,22+/m0/s1. The fraction of sp³-hybridized carbons (Fsp3) is 0.731. The Morgan fingerprint density at radius 2 is 1.75 bits per heavy atom. The number of esters is 2. The van der Waals surface area contributed by atoms with Gasteiger partial charge in [-0.3, -0.25) is 14.5 Å². The number of β-lactam (4-membered cyclic amide) rings is 1. The molecule has 224 valence electrons. The lowest BCUT2D eigenvalue weighted by atomic mass is 9.70. The number of amides is 1. The van der Waals surface area contributed by atoms with Crippen LogP contribution >= 0.6 is 24.0 Å². The quantitative estimate of drug-likeness (QED) is 0.0907. The number of likely N-dealkylation sites (tertiary alicyclic amines) is 1. The third-order valence-corrected chi connectivity index (χ3v) is 8.85. The van der Waals surface area contributed by atoms with Crippen LogP contribution in [-0.2, 0) is 41.8 Å². The average Bonchev–Trinajstić information content (AvgIpc) is 3.21. The van der Waals surface area contributed by atoms with E-state index in [0.29, 0.717) is 28.6 Å². The second-order valence-corrected chi connectivity index (χ2v) is 16.8. The summed E-state index contributed by atoms with van der Waals surface area (Å²) in [6.07, 6.45) is 0.321. The van der Waals surface area contributed by atoms with Gasteiger partial charge in [0.05, 0.1) is 27.3 Å². The summed E-state index contributed by atoms with van der Waals surface area (Å²) in [5.74, 6) is -1.43. The molecule has 0 spiro atoms. The van der Waals surface area contributed by atoms with Gasteiger partial charge in [0.25, 0.3) is 0 Å². The summed E-state index contributed by atoms with van der Waals surface area (Å²) in [7, 11) is 0.382. The minimum atomic E-state index is -1.35. The Balaban J connectivity index is 2.37. The van der Waals surface area contributed by atoms with E-state index in [0.717, 1.165) is 0 Å². The lowest BCUT2D eigenvalue weighted by Crippen LogP contribution is -2.64. The molecule has 1 aromatic rings. The number of nitrogens with zero attached hydrogens (tertiary/aromatic N) is 5. The van der Waals surface area contributed by atoms with E-state index in [2.05, 4.69) is 49.4 Å². The topological polar surface area (TPSA) is 126 Å². The molecule has 14 heteroatoms. The minimum Gasteiger partial charge on any atom is -0.427 e. The van der Waals surface area contributed by atoms with Crippen molar-refractivity contribution in [2.24, 2.45) is 29.7 Å². The van der Waals surface area contributed by atoms with Crippen molar-refractivity contribution < 1.29 is 28.3 Å². The van der Waals surface area contributed by atoms with Crippen LogP contribution in [0.2, 0.25) is 13.1 Å². The number of aromatic nitrogens is 4.